The second kappa shape index (κ2) is 5.35. The lowest BCUT2D eigenvalue weighted by atomic mass is 10.1. The topological polar surface area (TPSA) is 29.9 Å². The summed E-state index contributed by atoms with van der Waals surface area (Å²) in [4.78, 5) is 4.25. The largest absolute Gasteiger partial charge is 0.330 e. The van der Waals surface area contributed by atoms with E-state index in [1.54, 1.807) is 0 Å². The number of hydrogen-bond donors (Lipinski definition) is 1. The molecule has 1 aromatic carbocycles. The van der Waals surface area contributed by atoms with Crippen molar-refractivity contribution in [3.05, 3.63) is 53.1 Å². The van der Waals surface area contributed by atoms with Gasteiger partial charge in [-0.1, -0.05) is 23.7 Å². The van der Waals surface area contributed by atoms with Crippen molar-refractivity contribution in [1.29, 1.82) is 0 Å². The molecule has 0 spiro atoms. The molecule has 0 aliphatic heterocycles. The van der Waals surface area contributed by atoms with Gasteiger partial charge in [-0.25, -0.2) is 4.98 Å². The number of hydrogen-bond acceptors (Lipinski definition) is 2. The number of benzene rings is 1. The third-order valence-electron chi connectivity index (χ3n) is 3.62. The van der Waals surface area contributed by atoms with Gasteiger partial charge in [0.25, 0.3) is 0 Å². The van der Waals surface area contributed by atoms with Gasteiger partial charge < -0.3 is 9.88 Å². The van der Waals surface area contributed by atoms with Gasteiger partial charge in [-0.15, -0.1) is 0 Å². The normalized spacial score (nSPS) is 16.5. The smallest absolute Gasteiger partial charge is 0.0951 e. The maximum absolute atomic E-state index is 6.02. The summed E-state index contributed by atoms with van der Waals surface area (Å²) in [6, 6.07) is 8.96. The third-order valence-corrected chi connectivity index (χ3v) is 3.86. The molecule has 1 aromatic heterocycles. The molecule has 1 N–H and O–H groups in total. The first-order valence-corrected chi connectivity index (χ1v) is 7.11. The van der Waals surface area contributed by atoms with E-state index in [4.69, 9.17) is 11.6 Å². The predicted molar refractivity (Wildman–Crippen MR) is 77.2 cm³/mol. The van der Waals surface area contributed by atoms with Crippen molar-refractivity contribution >= 4 is 11.6 Å². The highest BCUT2D eigenvalue weighted by molar-refractivity contribution is 6.30. The fraction of sp³-hybridized carbons (Fsp3) is 0.400. The lowest BCUT2D eigenvalue weighted by molar-refractivity contribution is 0.547. The molecular formula is C15H18ClN3. The number of aromatic nitrogens is 2. The SMILES string of the molecule is C[C@@H](NCc1cncn1C1CC1)c1cccc(Cl)c1. The van der Waals surface area contributed by atoms with Gasteiger partial charge >= 0.3 is 0 Å². The Balaban J connectivity index is 1.63. The highest BCUT2D eigenvalue weighted by Gasteiger charge is 2.25. The minimum atomic E-state index is 0.279. The molecule has 1 aliphatic rings. The zero-order chi connectivity index (χ0) is 13.2. The van der Waals surface area contributed by atoms with Crippen molar-refractivity contribution < 1.29 is 0 Å². The summed E-state index contributed by atoms with van der Waals surface area (Å²) >= 11 is 6.02. The van der Waals surface area contributed by atoms with Crippen molar-refractivity contribution in [2.75, 3.05) is 0 Å². The van der Waals surface area contributed by atoms with Crippen molar-refractivity contribution in [2.45, 2.75) is 38.4 Å². The van der Waals surface area contributed by atoms with Crippen LogP contribution in [-0.4, -0.2) is 9.55 Å². The van der Waals surface area contributed by atoms with Crippen LogP contribution in [0.15, 0.2) is 36.8 Å². The lowest BCUT2D eigenvalue weighted by Gasteiger charge is -2.15. The van der Waals surface area contributed by atoms with E-state index < -0.39 is 0 Å². The second-order valence-corrected chi connectivity index (χ2v) is 5.62. The zero-order valence-corrected chi connectivity index (χ0v) is 11.8. The van der Waals surface area contributed by atoms with Crippen LogP contribution in [-0.2, 0) is 6.54 Å². The van der Waals surface area contributed by atoms with Crippen LogP contribution in [0.25, 0.3) is 0 Å². The highest BCUT2D eigenvalue weighted by atomic mass is 35.5. The van der Waals surface area contributed by atoms with Gasteiger partial charge in [-0.05, 0) is 37.5 Å². The number of nitrogens with zero attached hydrogens (tertiary/aromatic N) is 2. The van der Waals surface area contributed by atoms with Crippen molar-refractivity contribution in [3.8, 4) is 0 Å². The Morgan fingerprint density at radius 2 is 2.32 bits per heavy atom. The molecule has 4 heteroatoms. The summed E-state index contributed by atoms with van der Waals surface area (Å²) in [5, 5.41) is 4.32. The van der Waals surface area contributed by atoms with Gasteiger partial charge in [0.05, 0.1) is 12.0 Å². The van der Waals surface area contributed by atoms with E-state index in [0.29, 0.717) is 6.04 Å². The standard InChI is InChI=1S/C15H18ClN3/c1-11(12-3-2-4-13(16)7-12)18-9-15-8-17-10-19(15)14-5-6-14/h2-4,7-8,10-11,14,18H,5-6,9H2,1H3/t11-/m1/s1. The van der Waals surface area contributed by atoms with E-state index in [1.165, 1.54) is 24.1 Å². The molecule has 0 amide bonds. The molecule has 1 heterocycles. The van der Waals surface area contributed by atoms with Gasteiger partial charge in [0.15, 0.2) is 0 Å². The fourth-order valence-corrected chi connectivity index (χ4v) is 2.50. The Kier molecular flexibility index (Phi) is 3.58. The summed E-state index contributed by atoms with van der Waals surface area (Å²) in [6.07, 6.45) is 6.47. The molecule has 0 saturated heterocycles. The van der Waals surface area contributed by atoms with Crippen LogP contribution >= 0.6 is 11.6 Å². The van der Waals surface area contributed by atoms with Crippen LogP contribution in [0.5, 0.6) is 0 Å². The fourth-order valence-electron chi connectivity index (χ4n) is 2.30. The van der Waals surface area contributed by atoms with E-state index in [2.05, 4.69) is 27.9 Å². The molecule has 1 fully saturated rings. The second-order valence-electron chi connectivity index (χ2n) is 5.18. The Morgan fingerprint density at radius 3 is 3.05 bits per heavy atom. The van der Waals surface area contributed by atoms with Gasteiger partial charge in [-0.2, -0.15) is 0 Å². The molecule has 1 aliphatic carbocycles. The molecule has 19 heavy (non-hydrogen) atoms. The first-order valence-electron chi connectivity index (χ1n) is 6.73. The monoisotopic (exact) mass is 275 g/mol. The zero-order valence-electron chi connectivity index (χ0n) is 11.0. The van der Waals surface area contributed by atoms with Crippen LogP contribution in [0.4, 0.5) is 0 Å². The van der Waals surface area contributed by atoms with E-state index in [1.807, 2.05) is 30.7 Å². The summed E-state index contributed by atoms with van der Waals surface area (Å²) in [5.74, 6) is 0. The van der Waals surface area contributed by atoms with Crippen molar-refractivity contribution in [1.82, 2.24) is 14.9 Å². The summed E-state index contributed by atoms with van der Waals surface area (Å²) in [7, 11) is 0. The Bertz CT molecular complexity index is 560. The minimum Gasteiger partial charge on any atom is -0.330 e. The van der Waals surface area contributed by atoms with Gasteiger partial charge in [0, 0.05) is 29.8 Å². The average Bonchev–Trinajstić information content (AvgIpc) is 3.15. The van der Waals surface area contributed by atoms with Crippen LogP contribution in [0.2, 0.25) is 5.02 Å². The summed E-state index contributed by atoms with van der Waals surface area (Å²) < 4.78 is 2.29. The van der Waals surface area contributed by atoms with E-state index in [9.17, 15) is 0 Å². The average molecular weight is 276 g/mol. The molecular weight excluding hydrogens is 258 g/mol. The maximum Gasteiger partial charge on any atom is 0.0951 e. The third kappa shape index (κ3) is 2.99. The van der Waals surface area contributed by atoms with Crippen LogP contribution in [0.3, 0.4) is 0 Å². The van der Waals surface area contributed by atoms with Crippen LogP contribution in [0, 0.1) is 0 Å². The first kappa shape index (κ1) is 12.7. The molecule has 1 atom stereocenters. The highest BCUT2D eigenvalue weighted by Crippen LogP contribution is 2.35. The predicted octanol–water partition coefficient (Wildman–Crippen LogP) is 3.72. The maximum atomic E-state index is 6.02. The molecule has 0 radical (unpaired) electrons. The van der Waals surface area contributed by atoms with Crippen molar-refractivity contribution in [2.24, 2.45) is 0 Å². The Labute approximate surface area is 118 Å². The van der Waals surface area contributed by atoms with Crippen LogP contribution < -0.4 is 5.32 Å². The molecule has 100 valence electrons. The molecule has 3 nitrogen and oxygen atoms in total. The van der Waals surface area contributed by atoms with Gasteiger partial charge in [0.1, 0.15) is 0 Å². The number of nitrogens with one attached hydrogen (secondary N) is 1. The number of halogens is 1. The number of imidazole rings is 1. The minimum absolute atomic E-state index is 0.279. The van der Waals surface area contributed by atoms with Gasteiger partial charge in [-0.3, -0.25) is 0 Å². The van der Waals surface area contributed by atoms with E-state index in [0.717, 1.165) is 11.6 Å². The van der Waals surface area contributed by atoms with E-state index >= 15 is 0 Å². The summed E-state index contributed by atoms with van der Waals surface area (Å²) in [5.41, 5.74) is 2.47. The Morgan fingerprint density at radius 1 is 1.47 bits per heavy atom. The molecule has 2 aromatic rings. The molecule has 0 bridgehead atoms. The van der Waals surface area contributed by atoms with Gasteiger partial charge in [0.2, 0.25) is 0 Å². The quantitative estimate of drug-likeness (QED) is 0.901. The summed E-state index contributed by atoms with van der Waals surface area (Å²) in [6.45, 7) is 2.99. The van der Waals surface area contributed by atoms with Crippen molar-refractivity contribution in [3.63, 3.8) is 0 Å². The van der Waals surface area contributed by atoms with Crippen LogP contribution in [0.1, 0.15) is 43.1 Å². The Hall–Kier alpha value is -1.32. The van der Waals surface area contributed by atoms with E-state index in [-0.39, 0.29) is 6.04 Å². The number of rotatable bonds is 5. The molecule has 3 rings (SSSR count). The lowest BCUT2D eigenvalue weighted by Crippen LogP contribution is -2.19. The molecule has 1 saturated carbocycles. The molecule has 0 unspecified atom stereocenters. The first-order chi connectivity index (χ1) is 9.24.